The Bertz CT molecular complexity index is 382. The predicted molar refractivity (Wildman–Crippen MR) is 82.2 cm³/mol. The summed E-state index contributed by atoms with van der Waals surface area (Å²) >= 11 is 0. The van der Waals surface area contributed by atoms with E-state index in [2.05, 4.69) is 15.5 Å². The van der Waals surface area contributed by atoms with Gasteiger partial charge in [0.2, 0.25) is 5.91 Å². The second-order valence-electron chi connectivity index (χ2n) is 7.29. The fraction of sp³-hybridized carbons (Fsp3) is 0.867. The van der Waals surface area contributed by atoms with Gasteiger partial charge in [-0.1, -0.05) is 20.8 Å². The molecule has 6 heteroatoms. The lowest BCUT2D eigenvalue weighted by Gasteiger charge is -2.41. The van der Waals surface area contributed by atoms with Gasteiger partial charge in [0.25, 0.3) is 0 Å². The molecule has 0 saturated carbocycles. The summed E-state index contributed by atoms with van der Waals surface area (Å²) in [5.74, 6) is -0.999. The van der Waals surface area contributed by atoms with E-state index in [1.165, 1.54) is 0 Å². The third kappa shape index (κ3) is 4.97. The average Bonchev–Trinajstić information content (AvgIpc) is 2.37. The molecule has 0 aromatic rings. The molecular weight excluding hydrogens is 270 g/mol. The Morgan fingerprint density at radius 3 is 2.14 bits per heavy atom. The molecule has 6 nitrogen and oxygen atoms in total. The van der Waals surface area contributed by atoms with Crippen molar-refractivity contribution in [3.63, 3.8) is 0 Å². The Hall–Kier alpha value is -1.14. The highest BCUT2D eigenvalue weighted by molar-refractivity contribution is 5.86. The second-order valence-corrected chi connectivity index (χ2v) is 7.29. The van der Waals surface area contributed by atoms with Gasteiger partial charge < -0.3 is 15.7 Å². The number of piperazine rings is 1. The number of carbonyl (C=O) groups excluding carboxylic acids is 1. The zero-order valence-electron chi connectivity index (χ0n) is 13.8. The van der Waals surface area contributed by atoms with Crippen molar-refractivity contribution in [2.75, 3.05) is 26.2 Å². The Labute approximate surface area is 127 Å². The minimum atomic E-state index is -0.893. The molecule has 122 valence electrons. The van der Waals surface area contributed by atoms with Gasteiger partial charge in [-0.25, -0.2) is 0 Å². The van der Waals surface area contributed by atoms with Crippen molar-refractivity contribution < 1.29 is 14.7 Å². The first-order valence-corrected chi connectivity index (χ1v) is 7.53. The zero-order valence-corrected chi connectivity index (χ0v) is 13.8. The second kappa shape index (κ2) is 6.75. The van der Waals surface area contributed by atoms with Crippen LogP contribution in [0.5, 0.6) is 0 Å². The summed E-state index contributed by atoms with van der Waals surface area (Å²) in [5.41, 5.74) is -0.933. The third-order valence-corrected chi connectivity index (χ3v) is 4.19. The molecule has 1 heterocycles. The topological polar surface area (TPSA) is 81.7 Å². The fourth-order valence-electron chi connectivity index (χ4n) is 2.45. The molecule has 1 aliphatic heterocycles. The van der Waals surface area contributed by atoms with Crippen LogP contribution in [-0.4, -0.2) is 59.6 Å². The molecule has 0 aromatic carbocycles. The molecule has 0 aromatic heterocycles. The summed E-state index contributed by atoms with van der Waals surface area (Å²) in [5, 5.41) is 15.3. The lowest BCUT2D eigenvalue weighted by Crippen LogP contribution is -2.62. The summed E-state index contributed by atoms with van der Waals surface area (Å²) < 4.78 is 0. The Morgan fingerprint density at radius 1 is 1.19 bits per heavy atom. The summed E-state index contributed by atoms with van der Waals surface area (Å²) in [4.78, 5) is 25.8. The average molecular weight is 299 g/mol. The summed E-state index contributed by atoms with van der Waals surface area (Å²) in [7, 11) is 0. The molecule has 0 bridgehead atoms. The minimum Gasteiger partial charge on any atom is -0.481 e. The number of rotatable bonds is 5. The van der Waals surface area contributed by atoms with Crippen molar-refractivity contribution in [2.45, 2.75) is 52.6 Å². The highest BCUT2D eigenvalue weighted by Crippen LogP contribution is 2.24. The Morgan fingerprint density at radius 2 is 1.71 bits per heavy atom. The predicted octanol–water partition coefficient (Wildman–Crippen LogP) is 0.676. The number of amides is 1. The molecule has 1 fully saturated rings. The first-order chi connectivity index (χ1) is 9.55. The zero-order chi connectivity index (χ0) is 16.3. The maximum Gasteiger partial charge on any atom is 0.305 e. The molecule has 1 saturated heterocycles. The van der Waals surface area contributed by atoms with Gasteiger partial charge in [0.1, 0.15) is 0 Å². The van der Waals surface area contributed by atoms with Crippen molar-refractivity contribution >= 4 is 11.9 Å². The van der Waals surface area contributed by atoms with E-state index in [0.29, 0.717) is 0 Å². The molecule has 21 heavy (non-hydrogen) atoms. The molecule has 0 aliphatic carbocycles. The van der Waals surface area contributed by atoms with Gasteiger partial charge in [0.05, 0.1) is 12.0 Å². The van der Waals surface area contributed by atoms with Gasteiger partial charge in [0.15, 0.2) is 0 Å². The molecule has 1 unspecified atom stereocenters. The van der Waals surface area contributed by atoms with Crippen LogP contribution < -0.4 is 10.6 Å². The third-order valence-electron chi connectivity index (χ3n) is 4.19. The molecule has 3 N–H and O–H groups in total. The molecule has 1 rings (SSSR count). The van der Waals surface area contributed by atoms with E-state index >= 15 is 0 Å². The van der Waals surface area contributed by atoms with Crippen LogP contribution in [0, 0.1) is 5.41 Å². The smallest absolute Gasteiger partial charge is 0.305 e. The number of carboxylic acids is 1. The van der Waals surface area contributed by atoms with E-state index < -0.39 is 11.5 Å². The van der Waals surface area contributed by atoms with Gasteiger partial charge in [-0.15, -0.1) is 0 Å². The summed E-state index contributed by atoms with van der Waals surface area (Å²) in [6.07, 6.45) is -0.0626. The van der Waals surface area contributed by atoms with Crippen LogP contribution in [0.2, 0.25) is 0 Å². The lowest BCUT2D eigenvalue weighted by molar-refractivity contribution is -0.139. The fourth-order valence-corrected chi connectivity index (χ4v) is 2.45. The van der Waals surface area contributed by atoms with E-state index in [-0.39, 0.29) is 23.8 Å². The molecule has 1 atom stereocenters. The SMILES string of the molecule is CC(C)(C)C(CC(=O)O)NC(=O)C(C)(C)N1CCNCC1. The van der Waals surface area contributed by atoms with Crippen LogP contribution in [-0.2, 0) is 9.59 Å². The highest BCUT2D eigenvalue weighted by Gasteiger charge is 2.38. The number of hydrogen-bond donors (Lipinski definition) is 3. The first-order valence-electron chi connectivity index (χ1n) is 7.53. The van der Waals surface area contributed by atoms with Crippen LogP contribution >= 0.6 is 0 Å². The minimum absolute atomic E-state index is 0.0626. The van der Waals surface area contributed by atoms with Crippen molar-refractivity contribution in [3.8, 4) is 0 Å². The summed E-state index contributed by atoms with van der Waals surface area (Å²) in [6.45, 7) is 13.0. The number of nitrogens with one attached hydrogen (secondary N) is 2. The van der Waals surface area contributed by atoms with Crippen LogP contribution in [0.3, 0.4) is 0 Å². The largest absolute Gasteiger partial charge is 0.481 e. The van der Waals surface area contributed by atoms with Crippen LogP contribution in [0.25, 0.3) is 0 Å². The van der Waals surface area contributed by atoms with Crippen molar-refractivity contribution in [1.29, 1.82) is 0 Å². The number of hydrogen-bond acceptors (Lipinski definition) is 4. The van der Waals surface area contributed by atoms with E-state index in [4.69, 9.17) is 5.11 Å². The highest BCUT2D eigenvalue weighted by atomic mass is 16.4. The summed E-state index contributed by atoms with van der Waals surface area (Å²) in [6, 6.07) is -0.385. The van der Waals surface area contributed by atoms with Crippen molar-refractivity contribution in [1.82, 2.24) is 15.5 Å². The number of carbonyl (C=O) groups is 2. The Kier molecular flexibility index (Phi) is 5.75. The van der Waals surface area contributed by atoms with E-state index in [1.54, 1.807) is 0 Å². The lowest BCUT2D eigenvalue weighted by atomic mass is 9.84. The standard InChI is InChI=1S/C15H29N3O3/c1-14(2,3)11(10-12(19)20)17-13(21)15(4,5)18-8-6-16-7-9-18/h11,16H,6-10H2,1-5H3,(H,17,21)(H,19,20). The van der Waals surface area contributed by atoms with Crippen molar-refractivity contribution in [3.05, 3.63) is 0 Å². The van der Waals surface area contributed by atoms with Gasteiger partial charge in [-0.3, -0.25) is 14.5 Å². The van der Waals surface area contributed by atoms with Crippen molar-refractivity contribution in [2.24, 2.45) is 5.41 Å². The maximum atomic E-state index is 12.6. The van der Waals surface area contributed by atoms with Gasteiger partial charge in [0, 0.05) is 32.2 Å². The van der Waals surface area contributed by atoms with Gasteiger partial charge >= 0.3 is 5.97 Å². The monoisotopic (exact) mass is 299 g/mol. The molecule has 1 amide bonds. The van der Waals surface area contributed by atoms with Crippen LogP contribution in [0.15, 0.2) is 0 Å². The van der Waals surface area contributed by atoms with E-state index in [1.807, 2.05) is 34.6 Å². The molecule has 1 aliphatic rings. The Balaban J connectivity index is 2.77. The van der Waals surface area contributed by atoms with Gasteiger partial charge in [-0.05, 0) is 19.3 Å². The quantitative estimate of drug-likeness (QED) is 0.695. The van der Waals surface area contributed by atoms with Gasteiger partial charge in [-0.2, -0.15) is 0 Å². The number of aliphatic carboxylic acids is 1. The molecule has 0 spiro atoms. The van der Waals surface area contributed by atoms with E-state index in [0.717, 1.165) is 26.2 Å². The number of carboxylic acid groups (broad SMARTS) is 1. The van der Waals surface area contributed by atoms with Crippen LogP contribution in [0.4, 0.5) is 0 Å². The van der Waals surface area contributed by atoms with E-state index in [9.17, 15) is 9.59 Å². The maximum absolute atomic E-state index is 12.6. The van der Waals surface area contributed by atoms with Crippen LogP contribution in [0.1, 0.15) is 41.0 Å². The number of nitrogens with zero attached hydrogens (tertiary/aromatic N) is 1. The molecular formula is C15H29N3O3. The normalized spacial score (nSPS) is 19.1. The first kappa shape index (κ1) is 17.9. The molecule has 0 radical (unpaired) electrons.